The van der Waals surface area contributed by atoms with Gasteiger partial charge in [-0.3, -0.25) is 0 Å². The summed E-state index contributed by atoms with van der Waals surface area (Å²) in [7, 11) is 0. The van der Waals surface area contributed by atoms with Crippen LogP contribution in [0.3, 0.4) is 0 Å². The average molecular weight is 382 g/mol. The maximum atomic E-state index is 11.3. The Morgan fingerprint density at radius 2 is 1.44 bits per heavy atom. The van der Waals surface area contributed by atoms with Crippen LogP contribution in [-0.2, 0) is 0 Å². The third kappa shape index (κ3) is 4.80. The molecule has 1 rings (SSSR count). The van der Waals surface area contributed by atoms with Crippen molar-refractivity contribution >= 4 is 60.1 Å². The van der Waals surface area contributed by atoms with Crippen LogP contribution in [0.4, 0.5) is 0 Å². The molecule has 0 radical (unpaired) electrons. The Bertz CT molecular complexity index is 429. The van der Waals surface area contributed by atoms with Crippen molar-refractivity contribution in [2.75, 3.05) is 0 Å². The molecule has 0 spiro atoms. The zero-order valence-corrected chi connectivity index (χ0v) is 13.3. The summed E-state index contributed by atoms with van der Waals surface area (Å²) in [6.45, 7) is 0. The van der Waals surface area contributed by atoms with Crippen LogP contribution in [0.5, 0.6) is 0 Å². The molecule has 1 aromatic heterocycles. The van der Waals surface area contributed by atoms with Gasteiger partial charge in [0.2, 0.25) is 0 Å². The molecular weight excluding hydrogens is 374 g/mol. The average Bonchev–Trinajstić information content (AvgIpc) is 2.60. The van der Waals surface area contributed by atoms with Gasteiger partial charge in [0.15, 0.2) is 0 Å². The van der Waals surface area contributed by atoms with Crippen molar-refractivity contribution in [1.82, 2.24) is 0 Å². The zero-order chi connectivity index (χ0) is 11.8. The molecule has 0 atom stereocenters. The summed E-state index contributed by atoms with van der Waals surface area (Å²) < 4.78 is 2.56. The number of nitrogens with zero attached hydrogens (tertiary/aromatic N) is 2. The summed E-state index contributed by atoms with van der Waals surface area (Å²) in [5.74, 6) is 0. The minimum absolute atomic E-state index is 0.155. The molecule has 0 aliphatic heterocycles. The molecule has 0 amide bonds. The van der Waals surface area contributed by atoms with Gasteiger partial charge in [0.1, 0.15) is 0 Å². The molecule has 0 aliphatic rings. The van der Waals surface area contributed by atoms with Gasteiger partial charge in [-0.05, 0) is 0 Å². The molecule has 0 aliphatic carbocycles. The SMILES string of the molecule is N#CCC[Se]c1sc(=O)sc1[Se]CCC#N. The fourth-order valence-corrected chi connectivity index (χ4v) is 10.1. The van der Waals surface area contributed by atoms with Gasteiger partial charge in [0.05, 0.1) is 0 Å². The Balaban J connectivity index is 2.58. The van der Waals surface area contributed by atoms with E-state index in [0.29, 0.717) is 12.8 Å². The first-order valence-electron chi connectivity index (χ1n) is 4.41. The molecule has 0 unspecified atom stereocenters. The van der Waals surface area contributed by atoms with Gasteiger partial charge < -0.3 is 0 Å². The Morgan fingerprint density at radius 3 is 1.81 bits per heavy atom. The fraction of sp³-hybridized carbons (Fsp3) is 0.444. The second kappa shape index (κ2) is 8.03. The summed E-state index contributed by atoms with van der Waals surface area (Å²) in [6, 6.07) is 4.25. The number of hydrogen-bond donors (Lipinski definition) is 0. The van der Waals surface area contributed by atoms with Gasteiger partial charge in [-0.1, -0.05) is 0 Å². The zero-order valence-electron chi connectivity index (χ0n) is 8.26. The standard InChI is InChI=1S/C9H8N2OS2Se2/c10-3-1-5-15-7-8(14-9(12)13-7)16-6-2-4-11/h1-2,5-6H2. The van der Waals surface area contributed by atoms with Crippen molar-refractivity contribution in [3.05, 3.63) is 8.85 Å². The van der Waals surface area contributed by atoms with Crippen molar-refractivity contribution in [1.29, 1.82) is 10.5 Å². The molecule has 3 nitrogen and oxygen atoms in total. The molecule has 0 saturated carbocycles. The molecule has 7 heteroatoms. The quantitative estimate of drug-likeness (QED) is 0.532. The van der Waals surface area contributed by atoms with Crippen LogP contribution in [-0.4, -0.2) is 29.9 Å². The van der Waals surface area contributed by atoms with Crippen LogP contribution >= 0.6 is 22.7 Å². The monoisotopic (exact) mass is 384 g/mol. The van der Waals surface area contributed by atoms with Crippen LogP contribution < -0.4 is 11.6 Å². The van der Waals surface area contributed by atoms with E-state index in [1.807, 2.05) is 0 Å². The molecule has 16 heavy (non-hydrogen) atoms. The summed E-state index contributed by atoms with van der Waals surface area (Å²) in [5, 5.41) is 18.7. The number of hydrogen-bond acceptors (Lipinski definition) is 5. The molecule has 0 bridgehead atoms. The van der Waals surface area contributed by atoms with Crippen LogP contribution in [0.2, 0.25) is 10.6 Å². The van der Waals surface area contributed by atoms with E-state index in [1.54, 1.807) is 0 Å². The van der Waals surface area contributed by atoms with E-state index in [4.69, 9.17) is 10.5 Å². The fourth-order valence-electron chi connectivity index (χ4n) is 0.811. The molecule has 0 fully saturated rings. The van der Waals surface area contributed by atoms with Gasteiger partial charge in [-0.2, -0.15) is 0 Å². The van der Waals surface area contributed by atoms with Crippen molar-refractivity contribution in [2.24, 2.45) is 0 Å². The Kier molecular flexibility index (Phi) is 6.99. The summed E-state index contributed by atoms with van der Waals surface area (Å²) >= 11 is 3.21. The Hall–Kier alpha value is -0.131. The second-order valence-electron chi connectivity index (χ2n) is 2.54. The van der Waals surface area contributed by atoms with Crippen molar-refractivity contribution in [3.63, 3.8) is 0 Å². The molecule has 0 aromatic carbocycles. The van der Waals surface area contributed by atoms with E-state index >= 15 is 0 Å². The summed E-state index contributed by atoms with van der Waals surface area (Å²) in [4.78, 5) is 11.3. The van der Waals surface area contributed by atoms with E-state index in [2.05, 4.69) is 12.1 Å². The van der Waals surface area contributed by atoms with Gasteiger partial charge in [0.25, 0.3) is 0 Å². The van der Waals surface area contributed by atoms with E-state index in [-0.39, 0.29) is 34.0 Å². The second-order valence-corrected chi connectivity index (χ2v) is 10.6. The third-order valence-electron chi connectivity index (χ3n) is 1.41. The predicted molar refractivity (Wildman–Crippen MR) is 69.3 cm³/mol. The van der Waals surface area contributed by atoms with Gasteiger partial charge in [-0.25, -0.2) is 0 Å². The van der Waals surface area contributed by atoms with Crippen LogP contribution in [0.15, 0.2) is 4.79 Å². The van der Waals surface area contributed by atoms with E-state index < -0.39 is 0 Å². The molecular formula is C9H8N2OS2Se2. The van der Waals surface area contributed by atoms with Crippen molar-refractivity contribution in [2.45, 2.75) is 23.5 Å². The Labute approximate surface area is 114 Å². The van der Waals surface area contributed by atoms with E-state index in [1.165, 1.54) is 30.2 Å². The van der Waals surface area contributed by atoms with Gasteiger partial charge in [0, 0.05) is 0 Å². The number of rotatable bonds is 6. The Morgan fingerprint density at radius 1 is 1.00 bits per heavy atom. The van der Waals surface area contributed by atoms with Gasteiger partial charge >= 0.3 is 115 Å². The first-order valence-corrected chi connectivity index (χ1v) is 10.2. The maximum absolute atomic E-state index is 11.3. The third-order valence-corrected chi connectivity index (χ3v) is 10.3. The number of nitriles is 2. The predicted octanol–water partition coefficient (Wildman–Crippen LogP) is 0.493. The first kappa shape index (κ1) is 13.9. The van der Waals surface area contributed by atoms with Crippen molar-refractivity contribution < 1.29 is 0 Å². The molecule has 1 heterocycles. The normalized spacial score (nSPS) is 9.62. The minimum atomic E-state index is 0.155. The first-order chi connectivity index (χ1) is 7.77. The molecule has 0 N–H and O–H groups in total. The van der Waals surface area contributed by atoms with Crippen LogP contribution in [0.25, 0.3) is 0 Å². The molecule has 84 valence electrons. The molecule has 0 saturated heterocycles. The van der Waals surface area contributed by atoms with E-state index in [0.717, 1.165) is 10.6 Å². The van der Waals surface area contributed by atoms with Gasteiger partial charge in [-0.15, -0.1) is 0 Å². The summed E-state index contributed by atoms with van der Waals surface area (Å²) in [5.41, 5.74) is 0. The summed E-state index contributed by atoms with van der Waals surface area (Å²) in [6.07, 6.45) is 1.14. The topological polar surface area (TPSA) is 64.7 Å². The van der Waals surface area contributed by atoms with Crippen molar-refractivity contribution in [3.8, 4) is 12.1 Å². The molecule has 1 aromatic rings. The van der Waals surface area contributed by atoms with E-state index in [9.17, 15) is 4.79 Å². The van der Waals surface area contributed by atoms with Crippen LogP contribution in [0.1, 0.15) is 12.8 Å². The van der Waals surface area contributed by atoms with Crippen LogP contribution in [0, 0.1) is 22.7 Å².